The molecule has 1 N–H and O–H groups in total. The zero-order valence-electron chi connectivity index (χ0n) is 10.5. The van der Waals surface area contributed by atoms with Gasteiger partial charge in [0.2, 0.25) is 0 Å². The molecule has 3 nitrogen and oxygen atoms in total. The fraction of sp³-hybridized carbons (Fsp3) is 0.286. The van der Waals surface area contributed by atoms with E-state index < -0.39 is 0 Å². The molecule has 0 atom stereocenters. The molecule has 0 unspecified atom stereocenters. The van der Waals surface area contributed by atoms with Crippen molar-refractivity contribution in [3.8, 4) is 11.3 Å². The lowest BCUT2D eigenvalue weighted by molar-refractivity contribution is 0.572. The highest BCUT2D eigenvalue weighted by Crippen LogP contribution is 2.16. The Bertz CT molecular complexity index is 509. The molecule has 0 aliphatic rings. The Hall–Kier alpha value is -1.81. The van der Waals surface area contributed by atoms with E-state index in [2.05, 4.69) is 29.1 Å². The summed E-state index contributed by atoms with van der Waals surface area (Å²) < 4.78 is 12.8. The highest BCUT2D eigenvalue weighted by molar-refractivity contribution is 5.58. The van der Waals surface area contributed by atoms with Crippen molar-refractivity contribution >= 4 is 0 Å². The Morgan fingerprint density at radius 2 is 1.89 bits per heavy atom. The molecule has 2 rings (SSSR count). The molecule has 1 aromatic carbocycles. The maximum atomic E-state index is 12.8. The van der Waals surface area contributed by atoms with Crippen molar-refractivity contribution in [2.45, 2.75) is 26.4 Å². The van der Waals surface area contributed by atoms with Crippen LogP contribution in [0.1, 0.15) is 19.7 Å². The Kier molecular flexibility index (Phi) is 3.99. The molecule has 0 radical (unpaired) electrons. The lowest BCUT2D eigenvalue weighted by Crippen LogP contribution is -2.23. The lowest BCUT2D eigenvalue weighted by Gasteiger charge is -2.08. The minimum Gasteiger partial charge on any atom is -0.308 e. The van der Waals surface area contributed by atoms with Gasteiger partial charge in [-0.25, -0.2) is 14.4 Å². The molecule has 0 amide bonds. The zero-order valence-corrected chi connectivity index (χ0v) is 10.5. The molecule has 0 saturated heterocycles. The molecule has 1 aromatic heterocycles. The number of hydrogen-bond donors (Lipinski definition) is 1. The first-order valence-electron chi connectivity index (χ1n) is 5.96. The van der Waals surface area contributed by atoms with Crippen LogP contribution in [0, 0.1) is 5.82 Å². The van der Waals surface area contributed by atoms with E-state index in [1.807, 2.05) is 6.07 Å². The van der Waals surface area contributed by atoms with Crippen molar-refractivity contribution in [3.63, 3.8) is 0 Å². The van der Waals surface area contributed by atoms with Crippen LogP contribution in [0.5, 0.6) is 0 Å². The standard InChI is InChI=1S/C14H16FN3/c1-10(2)17-9-14-16-8-7-13(18-14)11-3-5-12(15)6-4-11/h3-8,10,17H,9H2,1-2H3. The van der Waals surface area contributed by atoms with E-state index in [0.29, 0.717) is 12.6 Å². The van der Waals surface area contributed by atoms with Crippen LogP contribution in [0.2, 0.25) is 0 Å². The summed E-state index contributed by atoms with van der Waals surface area (Å²) in [6.07, 6.45) is 1.73. The van der Waals surface area contributed by atoms with Gasteiger partial charge >= 0.3 is 0 Å². The van der Waals surface area contributed by atoms with Crippen LogP contribution in [-0.2, 0) is 6.54 Å². The molecule has 0 aliphatic carbocycles. The molecule has 94 valence electrons. The van der Waals surface area contributed by atoms with Crippen LogP contribution < -0.4 is 5.32 Å². The molecule has 0 aliphatic heterocycles. The van der Waals surface area contributed by atoms with Gasteiger partial charge < -0.3 is 5.32 Å². The molecule has 18 heavy (non-hydrogen) atoms. The van der Waals surface area contributed by atoms with Gasteiger partial charge in [-0.05, 0) is 30.3 Å². The largest absolute Gasteiger partial charge is 0.308 e. The van der Waals surface area contributed by atoms with Crippen LogP contribution in [0.25, 0.3) is 11.3 Å². The third-order valence-corrected chi connectivity index (χ3v) is 2.51. The number of nitrogens with zero attached hydrogens (tertiary/aromatic N) is 2. The van der Waals surface area contributed by atoms with Crippen LogP contribution in [0.3, 0.4) is 0 Å². The van der Waals surface area contributed by atoms with Crippen molar-refractivity contribution in [1.82, 2.24) is 15.3 Å². The van der Waals surface area contributed by atoms with Crippen LogP contribution >= 0.6 is 0 Å². The third-order valence-electron chi connectivity index (χ3n) is 2.51. The van der Waals surface area contributed by atoms with E-state index >= 15 is 0 Å². The second-order valence-electron chi connectivity index (χ2n) is 4.40. The lowest BCUT2D eigenvalue weighted by atomic mass is 10.1. The summed E-state index contributed by atoms with van der Waals surface area (Å²) in [7, 11) is 0. The highest BCUT2D eigenvalue weighted by atomic mass is 19.1. The molecule has 0 saturated carbocycles. The summed E-state index contributed by atoms with van der Waals surface area (Å²) in [6, 6.07) is 8.52. The maximum Gasteiger partial charge on any atom is 0.142 e. The van der Waals surface area contributed by atoms with Gasteiger partial charge in [0.1, 0.15) is 11.6 Å². The molecule has 0 bridgehead atoms. The number of aromatic nitrogens is 2. The highest BCUT2D eigenvalue weighted by Gasteiger charge is 2.03. The summed E-state index contributed by atoms with van der Waals surface area (Å²) in [4.78, 5) is 8.66. The molecular formula is C14H16FN3. The van der Waals surface area contributed by atoms with Crippen molar-refractivity contribution in [2.75, 3.05) is 0 Å². The van der Waals surface area contributed by atoms with E-state index in [1.165, 1.54) is 12.1 Å². The fourth-order valence-corrected chi connectivity index (χ4v) is 1.56. The first kappa shape index (κ1) is 12.6. The van der Waals surface area contributed by atoms with E-state index in [4.69, 9.17) is 0 Å². The molecule has 0 fully saturated rings. The number of hydrogen-bond acceptors (Lipinski definition) is 3. The minimum absolute atomic E-state index is 0.241. The van der Waals surface area contributed by atoms with Crippen LogP contribution in [0.4, 0.5) is 4.39 Å². The van der Waals surface area contributed by atoms with Gasteiger partial charge in [-0.15, -0.1) is 0 Å². The van der Waals surface area contributed by atoms with Gasteiger partial charge in [-0.2, -0.15) is 0 Å². The van der Waals surface area contributed by atoms with Gasteiger partial charge in [0.25, 0.3) is 0 Å². The normalized spacial score (nSPS) is 10.9. The van der Waals surface area contributed by atoms with Crippen molar-refractivity contribution in [1.29, 1.82) is 0 Å². The molecule has 0 spiro atoms. The second kappa shape index (κ2) is 5.69. The Labute approximate surface area is 106 Å². The summed E-state index contributed by atoms with van der Waals surface area (Å²) in [5.74, 6) is 0.500. The van der Waals surface area contributed by atoms with E-state index in [9.17, 15) is 4.39 Å². The Balaban J connectivity index is 2.18. The number of halogens is 1. The van der Waals surface area contributed by atoms with Crippen LogP contribution in [0.15, 0.2) is 36.5 Å². The Morgan fingerprint density at radius 1 is 1.17 bits per heavy atom. The first-order valence-corrected chi connectivity index (χ1v) is 5.96. The van der Waals surface area contributed by atoms with Crippen molar-refractivity contribution < 1.29 is 4.39 Å². The summed E-state index contributed by atoms with van der Waals surface area (Å²) >= 11 is 0. The summed E-state index contributed by atoms with van der Waals surface area (Å²) in [5, 5.41) is 3.26. The van der Waals surface area contributed by atoms with Gasteiger partial charge in [0, 0.05) is 17.8 Å². The quantitative estimate of drug-likeness (QED) is 0.900. The molecule has 1 heterocycles. The first-order chi connectivity index (χ1) is 8.65. The molecular weight excluding hydrogens is 229 g/mol. The topological polar surface area (TPSA) is 37.8 Å². The smallest absolute Gasteiger partial charge is 0.142 e. The third kappa shape index (κ3) is 3.34. The minimum atomic E-state index is -0.241. The van der Waals surface area contributed by atoms with Gasteiger partial charge in [0.15, 0.2) is 0 Å². The predicted molar refractivity (Wildman–Crippen MR) is 69.4 cm³/mol. The van der Waals surface area contributed by atoms with E-state index in [0.717, 1.165) is 17.1 Å². The molecule has 2 aromatic rings. The average molecular weight is 245 g/mol. The number of nitrogens with one attached hydrogen (secondary N) is 1. The van der Waals surface area contributed by atoms with Crippen LogP contribution in [-0.4, -0.2) is 16.0 Å². The SMILES string of the molecule is CC(C)NCc1nccc(-c2ccc(F)cc2)n1. The van der Waals surface area contributed by atoms with Gasteiger partial charge in [-0.3, -0.25) is 0 Å². The summed E-state index contributed by atoms with van der Waals surface area (Å²) in [6.45, 7) is 4.78. The average Bonchev–Trinajstić information content (AvgIpc) is 2.37. The van der Waals surface area contributed by atoms with Gasteiger partial charge in [-0.1, -0.05) is 13.8 Å². The fourth-order valence-electron chi connectivity index (χ4n) is 1.56. The number of benzene rings is 1. The van der Waals surface area contributed by atoms with E-state index in [1.54, 1.807) is 18.3 Å². The maximum absolute atomic E-state index is 12.8. The molecule has 4 heteroatoms. The number of rotatable bonds is 4. The second-order valence-corrected chi connectivity index (χ2v) is 4.40. The Morgan fingerprint density at radius 3 is 2.56 bits per heavy atom. The van der Waals surface area contributed by atoms with Crippen molar-refractivity contribution in [3.05, 3.63) is 48.2 Å². The summed E-state index contributed by atoms with van der Waals surface area (Å²) in [5.41, 5.74) is 1.70. The van der Waals surface area contributed by atoms with Gasteiger partial charge in [0.05, 0.1) is 12.2 Å². The monoisotopic (exact) mass is 245 g/mol. The van der Waals surface area contributed by atoms with E-state index in [-0.39, 0.29) is 5.82 Å². The van der Waals surface area contributed by atoms with Crippen molar-refractivity contribution in [2.24, 2.45) is 0 Å². The zero-order chi connectivity index (χ0) is 13.0. The predicted octanol–water partition coefficient (Wildman–Crippen LogP) is 2.78.